The fraction of sp³-hybridized carbons (Fsp3) is 0.506. The second kappa shape index (κ2) is 43.0. The predicted molar refractivity (Wildman–Crippen MR) is 484 cm³/mol. The monoisotopic (exact) mass is 1720 g/mol. The van der Waals surface area contributed by atoms with Gasteiger partial charge >= 0.3 is 17.6 Å². The van der Waals surface area contributed by atoms with Crippen LogP contribution >= 0.6 is 0 Å². The van der Waals surface area contributed by atoms with E-state index in [1.54, 1.807) is 74.9 Å². The molecule has 0 aliphatic carbocycles. The van der Waals surface area contributed by atoms with Gasteiger partial charge in [0.1, 0.15) is 57.5 Å². The molecule has 2 aromatic heterocycles. The molecular formula is C85H134N6O16Si8. The maximum Gasteiger partial charge on any atom is 0.469 e. The summed E-state index contributed by atoms with van der Waals surface area (Å²) < 4.78 is 76.3. The molecular weight excluding hydrogens is 1590 g/mol. The smallest absolute Gasteiger partial charge is 0.469 e. The molecule has 8 rings (SSSR count). The molecule has 0 bridgehead atoms. The summed E-state index contributed by atoms with van der Waals surface area (Å²) in [5, 5.41) is 45.2. The highest BCUT2D eigenvalue weighted by Crippen LogP contribution is 2.41. The molecule has 0 aliphatic heterocycles. The zero-order chi connectivity index (χ0) is 84.0. The van der Waals surface area contributed by atoms with Crippen LogP contribution in [0.2, 0.25) is 130 Å². The lowest BCUT2D eigenvalue weighted by Crippen LogP contribution is -2.60. The number of unbranched alkanes of at least 4 members (excludes halogenated alkanes) is 2. The molecule has 0 fully saturated rings. The van der Waals surface area contributed by atoms with Crippen LogP contribution in [-0.4, -0.2) is 158 Å². The van der Waals surface area contributed by atoms with E-state index in [1.165, 1.54) is 12.8 Å². The average molecular weight is 1720 g/mol. The van der Waals surface area contributed by atoms with E-state index >= 15 is 0 Å². The van der Waals surface area contributed by atoms with Gasteiger partial charge in [0.05, 0.1) is 62.9 Å². The van der Waals surface area contributed by atoms with Crippen LogP contribution in [0.5, 0.6) is 57.5 Å². The van der Waals surface area contributed by atoms with Crippen LogP contribution < -0.4 is 28.4 Å². The molecule has 0 spiro atoms. The minimum atomic E-state index is -3.02. The molecule has 2 heterocycles. The zero-order valence-corrected chi connectivity index (χ0v) is 80.4. The molecule has 0 amide bonds. The molecule has 2 atom stereocenters. The molecule has 0 aliphatic rings. The van der Waals surface area contributed by atoms with Crippen molar-refractivity contribution in [2.45, 2.75) is 229 Å². The van der Waals surface area contributed by atoms with Gasteiger partial charge in [-0.2, -0.15) is 0 Å². The van der Waals surface area contributed by atoms with E-state index in [-0.39, 0.29) is 53.7 Å². The minimum Gasteiger partial charge on any atom is -0.507 e. The van der Waals surface area contributed by atoms with Crippen LogP contribution in [0.25, 0.3) is 68.3 Å². The Balaban J connectivity index is 0.000000381. The molecule has 22 nitrogen and oxygen atoms in total. The number of methoxy groups -OCH3 is 2. The molecule has 6 aromatic carbocycles. The summed E-state index contributed by atoms with van der Waals surface area (Å²) in [5.41, 5.74) is 3.02. The summed E-state index contributed by atoms with van der Waals surface area (Å²) in [4.78, 5) is 28.6. The normalized spacial score (nSPS) is 12.9. The van der Waals surface area contributed by atoms with E-state index in [0.29, 0.717) is 137 Å². The number of phenols is 4. The zero-order valence-electron chi connectivity index (χ0n) is 72.4. The lowest BCUT2D eigenvalue weighted by Gasteiger charge is -2.43. The molecule has 115 heavy (non-hydrogen) atoms. The number of aromatic nitrogens is 6. The fourth-order valence-corrected chi connectivity index (χ4v) is 41.8. The lowest BCUT2D eigenvalue weighted by molar-refractivity contribution is 0.232. The van der Waals surface area contributed by atoms with Gasteiger partial charge in [0.25, 0.3) is 0 Å². The first-order valence-electron chi connectivity index (χ1n) is 40.3. The van der Waals surface area contributed by atoms with Gasteiger partial charge in [0.15, 0.2) is 84.9 Å². The van der Waals surface area contributed by atoms with E-state index in [4.69, 9.17) is 83.0 Å². The maximum atomic E-state index is 11.5. The van der Waals surface area contributed by atoms with Crippen molar-refractivity contribution in [2.24, 2.45) is 11.8 Å². The largest absolute Gasteiger partial charge is 0.507 e. The average Bonchev–Trinajstić information content (AvgIpc) is 0.799. The van der Waals surface area contributed by atoms with Crippen LogP contribution in [0, 0.1) is 11.8 Å². The Hall–Kier alpha value is -7.16. The van der Waals surface area contributed by atoms with Gasteiger partial charge < -0.3 is 73.5 Å². The Morgan fingerprint density at radius 3 is 0.757 bits per heavy atom. The van der Waals surface area contributed by atoms with E-state index in [9.17, 15) is 20.4 Å². The highest BCUT2D eigenvalue weighted by Gasteiger charge is 2.51. The summed E-state index contributed by atoms with van der Waals surface area (Å²) in [7, 11) is -14.9. The Labute approximate surface area is 695 Å². The molecule has 2 unspecified atom stereocenters. The summed E-state index contributed by atoms with van der Waals surface area (Å²) in [5.74, 6) is 6.05. The van der Waals surface area contributed by atoms with Crippen LogP contribution in [-0.2, 0) is 24.7 Å². The highest BCUT2D eigenvalue weighted by molar-refractivity contribution is 6.91. The van der Waals surface area contributed by atoms with Crippen molar-refractivity contribution in [3.63, 3.8) is 0 Å². The topological polar surface area (TPSA) is 269 Å². The number of hydrogen-bond donors (Lipinski definition) is 4. The number of benzene rings is 6. The quantitative estimate of drug-likeness (QED) is 0.0204. The van der Waals surface area contributed by atoms with Gasteiger partial charge in [0, 0.05) is 47.5 Å². The van der Waals surface area contributed by atoms with E-state index in [1.807, 2.05) is 60.7 Å². The number of rotatable bonds is 44. The fourth-order valence-electron chi connectivity index (χ4n) is 12.5. The lowest BCUT2D eigenvalue weighted by atomic mass is 10.0. The third-order valence-corrected chi connectivity index (χ3v) is 41.5. The molecule has 632 valence electrons. The molecule has 30 heteroatoms. The van der Waals surface area contributed by atoms with Crippen molar-refractivity contribution in [3.05, 3.63) is 121 Å². The van der Waals surface area contributed by atoms with Gasteiger partial charge in [-0.25, -0.2) is 29.9 Å². The number of ether oxygens (including phenoxy) is 6. The molecule has 0 saturated carbocycles. The van der Waals surface area contributed by atoms with Crippen LogP contribution in [0.15, 0.2) is 121 Å². The first-order valence-corrected chi connectivity index (χ1v) is 64.6. The molecule has 0 radical (unpaired) electrons. The first kappa shape index (κ1) is 96.7. The molecule has 4 N–H and O–H groups in total. The number of nitrogens with zero attached hydrogens (tertiary/aromatic N) is 6. The van der Waals surface area contributed by atoms with Crippen LogP contribution in [0.1, 0.15) is 99.3 Å². The highest BCUT2D eigenvalue weighted by atomic mass is 28.5. The predicted octanol–water partition coefficient (Wildman–Crippen LogP) is 22.9. The minimum absolute atomic E-state index is 0. The van der Waals surface area contributed by atoms with E-state index in [2.05, 4.69) is 146 Å². The van der Waals surface area contributed by atoms with Gasteiger partial charge in [0.2, 0.25) is 0 Å². The number of aromatic hydroxyl groups is 4. The molecule has 0 saturated heterocycles. The third-order valence-electron chi connectivity index (χ3n) is 17.4. The maximum absolute atomic E-state index is 11.5. The Kier molecular flexibility index (Phi) is 36.1. The third kappa shape index (κ3) is 32.2. The Morgan fingerprint density at radius 2 is 0.539 bits per heavy atom. The van der Waals surface area contributed by atoms with Gasteiger partial charge in [-0.3, -0.25) is 0 Å². The Bertz CT molecular complexity index is 4040. The van der Waals surface area contributed by atoms with Crippen molar-refractivity contribution in [2.75, 3.05) is 40.6 Å². The second-order valence-electron chi connectivity index (χ2n) is 34.8. The summed E-state index contributed by atoms with van der Waals surface area (Å²) in [6.07, 6.45) is 10.3. The SMILES string of the molecule is C.CCCCC(CC)COc1ccc(-c2nc(-c3ccc(OC)cc3)nc(-c3ccc(OCC(CC)CCCC)cc3O)n2)c(O)c1.COc1ccc(-c2nc(-c3ccc(OCCC[Si](O[Si](C)(C)C)(O[Si](C)(C)C)O[Si](C)(C)C)cc3O)nc(-c3ccc(OCCC[Si](O[Si](C)(C)C)(O[Si](C)(C)C)O[Si](C)(C)C)cc3O)n2)cc1. The Morgan fingerprint density at radius 1 is 0.304 bits per heavy atom. The van der Waals surface area contributed by atoms with Crippen molar-refractivity contribution < 1.29 is 73.5 Å². The van der Waals surface area contributed by atoms with Crippen LogP contribution in [0.4, 0.5) is 0 Å². The molecule has 8 aromatic rings. The van der Waals surface area contributed by atoms with Crippen molar-refractivity contribution >= 4 is 67.5 Å². The summed E-state index contributed by atoms with van der Waals surface area (Å²) >= 11 is 0. The van der Waals surface area contributed by atoms with Gasteiger partial charge in [-0.05, 0) is 252 Å². The van der Waals surface area contributed by atoms with Crippen molar-refractivity contribution in [3.8, 4) is 126 Å². The van der Waals surface area contributed by atoms with Crippen molar-refractivity contribution in [1.29, 1.82) is 0 Å². The van der Waals surface area contributed by atoms with E-state index < -0.39 is 67.5 Å². The van der Waals surface area contributed by atoms with E-state index in [0.717, 1.165) is 44.1 Å². The summed E-state index contributed by atoms with van der Waals surface area (Å²) in [6.45, 7) is 49.9. The summed E-state index contributed by atoms with van der Waals surface area (Å²) in [6, 6.07) is 36.5. The van der Waals surface area contributed by atoms with Gasteiger partial charge in [-0.1, -0.05) is 73.6 Å². The first-order chi connectivity index (χ1) is 53.4. The van der Waals surface area contributed by atoms with Gasteiger partial charge in [-0.15, -0.1) is 0 Å². The standard InChI is InChI=1S/C46H81N3O11Si8.C38H49N3O5.CH4/c1-52-37-24-22-36(23-25-37)44-47-45(40-28-26-38(34-42(40)50)53-30-20-32-67(55-61(2,3)4,56-62(5,6)7)57-63(8,9)10)49-46(48-44)41-29-27-39(35-43(41)51)54-31-21-33-68(58-64(11,12)13,59-65(14,15)16)60-66(17,18)19;1-6-10-12-26(8-3)24-45-30-18-20-32(34(42)22-30)37-39-36(28-14-16-29(44-5)17-15-28)40-38(41-37)33-21-19-31(23-35(33)43)46-25-27(9-4)13-11-7-2;/h22-29,34-35,50-51H,20-21,30-33H2,1-19H3;14-23,26-27,42-43H,6-13,24-25H2,1-5H3;1H4. The number of phenolic OH excluding ortho intramolecular Hbond substituents is 4. The van der Waals surface area contributed by atoms with Crippen molar-refractivity contribution in [1.82, 2.24) is 29.9 Å². The van der Waals surface area contributed by atoms with Crippen LogP contribution in [0.3, 0.4) is 0 Å². The second-order valence-corrected chi connectivity index (χ2v) is 68.8. The number of hydrogen-bond acceptors (Lipinski definition) is 22.